The lowest BCUT2D eigenvalue weighted by atomic mass is 10.4. The number of hydrogen-bond donors (Lipinski definition) is 4. The monoisotopic (exact) mass is 250 g/mol. The SMILES string of the molecule is C=CCOCC=C.CC(=O)O.OCC(O)CO. The van der Waals surface area contributed by atoms with E-state index >= 15 is 0 Å². The predicted molar refractivity (Wildman–Crippen MR) is 64.7 cm³/mol. The molecule has 0 heterocycles. The van der Waals surface area contributed by atoms with Crippen LogP contribution in [0.5, 0.6) is 0 Å². The first-order valence-electron chi connectivity index (χ1n) is 4.85. The standard InChI is InChI=1S/C6H10O.C3H8O3.C2H4O2/c1-3-5-7-6-4-2;4-1-3(6)2-5;1-2(3)4/h3-4H,1-2,5-6H2;3-6H,1-2H2;1H3,(H,3,4). The first kappa shape index (κ1) is 21.1. The van der Waals surface area contributed by atoms with Gasteiger partial charge in [0.05, 0.1) is 26.4 Å². The van der Waals surface area contributed by atoms with Gasteiger partial charge in [-0.1, -0.05) is 12.2 Å². The number of aliphatic hydroxyl groups is 3. The van der Waals surface area contributed by atoms with Gasteiger partial charge >= 0.3 is 0 Å². The van der Waals surface area contributed by atoms with Crippen LogP contribution in [-0.4, -0.2) is 58.9 Å². The van der Waals surface area contributed by atoms with Crippen molar-refractivity contribution >= 4 is 5.97 Å². The van der Waals surface area contributed by atoms with E-state index in [9.17, 15) is 0 Å². The van der Waals surface area contributed by atoms with E-state index in [1.54, 1.807) is 12.2 Å². The fourth-order valence-corrected chi connectivity index (χ4v) is 0.292. The van der Waals surface area contributed by atoms with E-state index in [0.717, 1.165) is 6.92 Å². The lowest BCUT2D eigenvalue weighted by Gasteiger charge is -1.96. The highest BCUT2D eigenvalue weighted by atomic mass is 16.5. The molecule has 0 fully saturated rings. The fraction of sp³-hybridized carbons (Fsp3) is 0.545. The molecule has 0 saturated carbocycles. The number of carboxylic acids is 1. The maximum atomic E-state index is 9.00. The molecule has 0 bridgehead atoms. The molecule has 102 valence electrons. The second-order valence-corrected chi connectivity index (χ2v) is 2.65. The van der Waals surface area contributed by atoms with Crippen molar-refractivity contribution < 1.29 is 30.0 Å². The Kier molecular flexibility index (Phi) is 25.1. The summed E-state index contributed by atoms with van der Waals surface area (Å²) in [6, 6.07) is 0. The summed E-state index contributed by atoms with van der Waals surface area (Å²) in [5.41, 5.74) is 0. The zero-order valence-corrected chi connectivity index (χ0v) is 10.1. The van der Waals surface area contributed by atoms with E-state index in [1.165, 1.54) is 0 Å². The number of carboxylic acid groups (broad SMARTS) is 1. The van der Waals surface area contributed by atoms with Crippen molar-refractivity contribution in [3.63, 3.8) is 0 Å². The molecule has 6 nitrogen and oxygen atoms in total. The van der Waals surface area contributed by atoms with Gasteiger partial charge in [0.25, 0.3) is 5.97 Å². The van der Waals surface area contributed by atoms with Gasteiger partial charge in [-0.3, -0.25) is 4.79 Å². The minimum Gasteiger partial charge on any atom is -0.481 e. The molecule has 0 atom stereocenters. The third kappa shape index (κ3) is 52.5. The van der Waals surface area contributed by atoms with Crippen LogP contribution in [-0.2, 0) is 9.53 Å². The smallest absolute Gasteiger partial charge is 0.300 e. The van der Waals surface area contributed by atoms with Crippen LogP contribution in [0.1, 0.15) is 6.92 Å². The van der Waals surface area contributed by atoms with Gasteiger partial charge in [0.15, 0.2) is 0 Å². The van der Waals surface area contributed by atoms with E-state index in [1.807, 2.05) is 0 Å². The highest BCUT2D eigenvalue weighted by molar-refractivity contribution is 5.62. The van der Waals surface area contributed by atoms with Gasteiger partial charge < -0.3 is 25.2 Å². The third-order valence-corrected chi connectivity index (χ3v) is 0.893. The largest absolute Gasteiger partial charge is 0.481 e. The van der Waals surface area contributed by atoms with Gasteiger partial charge in [-0.05, 0) is 0 Å². The molecule has 4 N–H and O–H groups in total. The van der Waals surface area contributed by atoms with Crippen molar-refractivity contribution in [2.75, 3.05) is 26.4 Å². The normalized spacial score (nSPS) is 8.29. The molecule has 0 aromatic heterocycles. The Balaban J connectivity index is -0.000000180. The molecule has 0 unspecified atom stereocenters. The van der Waals surface area contributed by atoms with Crippen LogP contribution in [0.4, 0.5) is 0 Å². The Morgan fingerprint density at radius 1 is 1.24 bits per heavy atom. The van der Waals surface area contributed by atoms with Crippen LogP contribution in [0.15, 0.2) is 25.3 Å². The van der Waals surface area contributed by atoms with Crippen LogP contribution in [0.25, 0.3) is 0 Å². The zero-order chi connectivity index (χ0) is 14.1. The molecule has 0 aliphatic rings. The molecule has 0 radical (unpaired) electrons. The van der Waals surface area contributed by atoms with E-state index in [4.69, 9.17) is 30.0 Å². The third-order valence-electron chi connectivity index (χ3n) is 0.893. The van der Waals surface area contributed by atoms with E-state index < -0.39 is 12.1 Å². The lowest BCUT2D eigenvalue weighted by Crippen LogP contribution is -2.15. The number of ether oxygens (including phenoxy) is 1. The molecule has 0 rings (SSSR count). The van der Waals surface area contributed by atoms with Gasteiger partial charge in [-0.25, -0.2) is 0 Å². The first-order valence-corrected chi connectivity index (χ1v) is 4.85. The summed E-state index contributed by atoms with van der Waals surface area (Å²) in [6.45, 7) is 8.53. The molecular weight excluding hydrogens is 228 g/mol. The minimum absolute atomic E-state index is 0.365. The van der Waals surface area contributed by atoms with Crippen molar-refractivity contribution in [1.29, 1.82) is 0 Å². The molecular formula is C11H22O6. The molecule has 0 aromatic carbocycles. The van der Waals surface area contributed by atoms with Gasteiger partial charge in [-0.15, -0.1) is 13.2 Å². The van der Waals surface area contributed by atoms with Crippen LogP contribution >= 0.6 is 0 Å². The number of carbonyl (C=O) groups is 1. The molecule has 0 amide bonds. The van der Waals surface area contributed by atoms with Crippen molar-refractivity contribution in [3.8, 4) is 0 Å². The second kappa shape index (κ2) is 20.2. The fourth-order valence-electron chi connectivity index (χ4n) is 0.292. The van der Waals surface area contributed by atoms with Crippen molar-refractivity contribution in [3.05, 3.63) is 25.3 Å². The predicted octanol–water partition coefficient (Wildman–Crippen LogP) is -0.202. The van der Waals surface area contributed by atoms with E-state index in [0.29, 0.717) is 13.2 Å². The van der Waals surface area contributed by atoms with Crippen LogP contribution < -0.4 is 0 Å². The van der Waals surface area contributed by atoms with E-state index in [2.05, 4.69) is 13.2 Å². The summed E-state index contributed by atoms with van der Waals surface area (Å²) in [7, 11) is 0. The Labute approximate surface area is 101 Å². The van der Waals surface area contributed by atoms with Crippen molar-refractivity contribution in [1.82, 2.24) is 0 Å². The van der Waals surface area contributed by atoms with Gasteiger partial charge in [0, 0.05) is 6.92 Å². The number of rotatable bonds is 6. The average Bonchev–Trinajstić information content (AvgIpc) is 2.29. The number of hydrogen-bond acceptors (Lipinski definition) is 5. The molecule has 0 aliphatic heterocycles. The van der Waals surface area contributed by atoms with E-state index in [-0.39, 0.29) is 13.2 Å². The van der Waals surface area contributed by atoms with Crippen LogP contribution in [0.3, 0.4) is 0 Å². The highest BCUT2D eigenvalue weighted by Gasteiger charge is 1.93. The quantitative estimate of drug-likeness (QED) is 0.384. The van der Waals surface area contributed by atoms with Crippen molar-refractivity contribution in [2.24, 2.45) is 0 Å². The summed E-state index contributed by atoms with van der Waals surface area (Å²) in [4.78, 5) is 9.00. The summed E-state index contributed by atoms with van der Waals surface area (Å²) >= 11 is 0. The average molecular weight is 250 g/mol. The topological polar surface area (TPSA) is 107 Å². The van der Waals surface area contributed by atoms with Gasteiger partial charge in [0.2, 0.25) is 0 Å². The molecule has 0 aromatic rings. The summed E-state index contributed by atoms with van der Waals surface area (Å²) in [5.74, 6) is -0.833. The molecule has 0 aliphatic carbocycles. The minimum atomic E-state index is -0.954. The first-order chi connectivity index (χ1) is 7.95. The Hall–Kier alpha value is -1.21. The Bertz CT molecular complexity index is 165. The van der Waals surface area contributed by atoms with Gasteiger partial charge in [0.1, 0.15) is 6.10 Å². The Morgan fingerprint density at radius 3 is 1.65 bits per heavy atom. The van der Waals surface area contributed by atoms with Crippen LogP contribution in [0.2, 0.25) is 0 Å². The van der Waals surface area contributed by atoms with Gasteiger partial charge in [-0.2, -0.15) is 0 Å². The number of aliphatic hydroxyl groups excluding tert-OH is 3. The zero-order valence-electron chi connectivity index (χ0n) is 10.1. The summed E-state index contributed by atoms with van der Waals surface area (Å²) in [5, 5.41) is 31.4. The Morgan fingerprint density at radius 2 is 1.53 bits per heavy atom. The molecule has 0 spiro atoms. The second-order valence-electron chi connectivity index (χ2n) is 2.65. The maximum Gasteiger partial charge on any atom is 0.300 e. The maximum absolute atomic E-state index is 9.00. The molecule has 6 heteroatoms. The molecule has 17 heavy (non-hydrogen) atoms. The van der Waals surface area contributed by atoms with Crippen LogP contribution in [0, 0.1) is 0 Å². The lowest BCUT2D eigenvalue weighted by molar-refractivity contribution is -0.134. The van der Waals surface area contributed by atoms with Crippen molar-refractivity contribution in [2.45, 2.75) is 13.0 Å². The summed E-state index contributed by atoms with van der Waals surface area (Å²) < 4.78 is 4.90. The molecule has 0 saturated heterocycles. The summed E-state index contributed by atoms with van der Waals surface area (Å²) in [6.07, 6.45) is 2.47. The number of aliphatic carboxylic acids is 1. The highest BCUT2D eigenvalue weighted by Crippen LogP contribution is 1.73.